The summed E-state index contributed by atoms with van der Waals surface area (Å²) in [5, 5.41) is 14.1. The third kappa shape index (κ3) is 1.96. The fraction of sp³-hybridized carbons (Fsp3) is 0.444. The van der Waals surface area contributed by atoms with Gasteiger partial charge in [-0.2, -0.15) is 0 Å². The molecule has 4 rings (SSSR count). The number of hydrogen-bond donors (Lipinski definition) is 0. The summed E-state index contributed by atoms with van der Waals surface area (Å²) in [4.78, 5) is 19.8. The Balaban J connectivity index is 1.76. The average Bonchev–Trinajstić information content (AvgIpc) is 2.90. The van der Waals surface area contributed by atoms with Crippen LogP contribution in [0.25, 0.3) is 0 Å². The second kappa shape index (κ2) is 5.20. The summed E-state index contributed by atoms with van der Waals surface area (Å²) in [5.74, 6) is -0.0895. The normalized spacial score (nSPS) is 34.8. The second-order valence-electron chi connectivity index (χ2n) is 6.61. The molecule has 0 unspecified atom stereocenters. The molecule has 0 amide bonds. The van der Waals surface area contributed by atoms with E-state index in [0.717, 1.165) is 25.7 Å². The summed E-state index contributed by atoms with van der Waals surface area (Å²) >= 11 is 0. The summed E-state index contributed by atoms with van der Waals surface area (Å²) in [7, 11) is 0. The number of ketones is 1. The first kappa shape index (κ1) is 14.5. The Kier molecular flexibility index (Phi) is 3.27. The number of hydrogen-bond acceptors (Lipinski definition) is 4. The number of fused-ring (bicyclic) bond motifs is 3. The predicted octanol–water partition coefficient (Wildman–Crippen LogP) is 2.60. The lowest BCUT2D eigenvalue weighted by Gasteiger charge is -2.26. The maximum absolute atomic E-state index is 13.2. The van der Waals surface area contributed by atoms with Crippen molar-refractivity contribution in [1.82, 2.24) is 5.17 Å². The molecule has 5 heteroatoms. The van der Waals surface area contributed by atoms with Crippen LogP contribution >= 0.6 is 0 Å². The van der Waals surface area contributed by atoms with Gasteiger partial charge < -0.3 is 5.21 Å². The van der Waals surface area contributed by atoms with Crippen LogP contribution in [-0.2, 0) is 9.63 Å². The fourth-order valence-corrected chi connectivity index (χ4v) is 4.05. The van der Waals surface area contributed by atoms with Gasteiger partial charge in [0.25, 0.3) is 11.5 Å². The van der Waals surface area contributed by atoms with Crippen LogP contribution in [0.5, 0.6) is 0 Å². The Hall–Kier alpha value is -2.14. The maximum Gasteiger partial charge on any atom is 0.297 e. The number of hydrazine groups is 1. The highest BCUT2D eigenvalue weighted by atomic mass is 16.8. The topological polar surface area (TPSA) is 55.6 Å². The minimum Gasteiger partial charge on any atom is -0.594 e. The monoisotopic (exact) mass is 312 g/mol. The summed E-state index contributed by atoms with van der Waals surface area (Å²) in [6.07, 6.45) is 7.80. The van der Waals surface area contributed by atoms with Crippen molar-refractivity contribution in [3.05, 3.63) is 53.3 Å². The van der Waals surface area contributed by atoms with Crippen molar-refractivity contribution in [3.8, 4) is 0 Å². The zero-order valence-corrected chi connectivity index (χ0v) is 13.1. The van der Waals surface area contributed by atoms with E-state index in [4.69, 9.17) is 4.84 Å². The van der Waals surface area contributed by atoms with Gasteiger partial charge in [-0.3, -0.25) is 4.79 Å². The largest absolute Gasteiger partial charge is 0.594 e. The van der Waals surface area contributed by atoms with Crippen LogP contribution in [0.2, 0.25) is 0 Å². The molecule has 2 aliphatic heterocycles. The number of carbonyl (C=O) groups excluding carboxylic acids is 1. The molecule has 5 nitrogen and oxygen atoms in total. The van der Waals surface area contributed by atoms with E-state index in [1.165, 1.54) is 5.17 Å². The Morgan fingerprint density at radius 1 is 1.22 bits per heavy atom. The zero-order valence-electron chi connectivity index (χ0n) is 13.1. The van der Waals surface area contributed by atoms with Crippen molar-refractivity contribution in [1.29, 1.82) is 0 Å². The van der Waals surface area contributed by atoms with Crippen molar-refractivity contribution >= 4 is 11.5 Å². The minimum atomic E-state index is -0.900. The lowest BCUT2D eigenvalue weighted by atomic mass is 9.74. The molecule has 1 aromatic rings. The number of hydrazone groups is 1. The van der Waals surface area contributed by atoms with Crippen LogP contribution in [0.4, 0.5) is 0 Å². The molecule has 1 aromatic carbocycles. The Bertz CT molecular complexity index is 697. The molecule has 0 bridgehead atoms. The second-order valence-corrected chi connectivity index (χ2v) is 6.61. The maximum atomic E-state index is 13.2. The van der Waals surface area contributed by atoms with Crippen LogP contribution in [0, 0.1) is 11.1 Å². The number of allylic oxidation sites excluding steroid dienone is 2. The van der Waals surface area contributed by atoms with E-state index in [2.05, 4.69) is 12.2 Å². The Labute approximate surface area is 135 Å². The molecule has 0 saturated carbocycles. The molecule has 3 aliphatic rings. The molecule has 0 radical (unpaired) electrons. The summed E-state index contributed by atoms with van der Waals surface area (Å²) in [6, 6.07) is 9.12. The summed E-state index contributed by atoms with van der Waals surface area (Å²) < 4.78 is 0. The molecule has 3 atom stereocenters. The van der Waals surface area contributed by atoms with Gasteiger partial charge in [-0.25, -0.2) is 4.84 Å². The summed E-state index contributed by atoms with van der Waals surface area (Å²) in [6.45, 7) is 1.85. The number of carbonyl (C=O) groups is 1. The molecule has 23 heavy (non-hydrogen) atoms. The van der Waals surface area contributed by atoms with Gasteiger partial charge in [-0.15, -0.1) is 0 Å². The van der Waals surface area contributed by atoms with Crippen molar-refractivity contribution in [2.24, 2.45) is 5.92 Å². The number of benzene rings is 1. The standard InChI is InChI=1S/C18H20N2O3/c1-18-14-11-7-2-3-8-12-15(14)23-20(18)19(22)16(17(18)21)13-9-5-4-6-10-13/h2-6,9-10,14-15H,7-8,11-12H2,1H3/b3-2-/t14-,15+,18-/m0/s1. The quantitative estimate of drug-likeness (QED) is 0.454. The van der Waals surface area contributed by atoms with Gasteiger partial charge in [0.05, 0.1) is 11.7 Å². The van der Waals surface area contributed by atoms with E-state index in [-0.39, 0.29) is 23.5 Å². The zero-order chi connectivity index (χ0) is 16.0. The van der Waals surface area contributed by atoms with Gasteiger partial charge >= 0.3 is 0 Å². The number of nitrogens with zero attached hydrogens (tertiary/aromatic N) is 2. The molecular weight excluding hydrogens is 292 g/mol. The van der Waals surface area contributed by atoms with E-state index in [9.17, 15) is 10.0 Å². The highest BCUT2D eigenvalue weighted by Gasteiger charge is 2.67. The van der Waals surface area contributed by atoms with E-state index in [1.807, 2.05) is 25.1 Å². The van der Waals surface area contributed by atoms with Crippen LogP contribution in [0.15, 0.2) is 42.5 Å². The predicted molar refractivity (Wildman–Crippen MR) is 85.4 cm³/mol. The van der Waals surface area contributed by atoms with Crippen LogP contribution in [-0.4, -0.2) is 33.2 Å². The van der Waals surface area contributed by atoms with E-state index in [0.29, 0.717) is 10.4 Å². The van der Waals surface area contributed by atoms with Crippen molar-refractivity contribution in [2.75, 3.05) is 0 Å². The van der Waals surface area contributed by atoms with Gasteiger partial charge in [-0.1, -0.05) is 30.4 Å². The molecule has 2 heterocycles. The lowest BCUT2D eigenvalue weighted by molar-refractivity contribution is -0.718. The molecule has 1 saturated heterocycles. The Morgan fingerprint density at radius 3 is 2.65 bits per heavy atom. The third-order valence-corrected chi connectivity index (χ3v) is 5.31. The first-order chi connectivity index (χ1) is 11.1. The van der Waals surface area contributed by atoms with Crippen molar-refractivity contribution in [2.45, 2.75) is 44.2 Å². The van der Waals surface area contributed by atoms with E-state index >= 15 is 0 Å². The first-order valence-corrected chi connectivity index (χ1v) is 8.20. The van der Waals surface area contributed by atoms with Crippen molar-refractivity contribution < 1.29 is 14.5 Å². The number of hydroxylamine groups is 1. The summed E-state index contributed by atoms with van der Waals surface area (Å²) in [5.41, 5.74) is -0.0684. The third-order valence-electron chi connectivity index (χ3n) is 5.31. The van der Waals surface area contributed by atoms with Crippen LogP contribution in [0.1, 0.15) is 38.2 Å². The van der Waals surface area contributed by atoms with Gasteiger partial charge in [0, 0.05) is 5.92 Å². The lowest BCUT2D eigenvalue weighted by Crippen LogP contribution is -2.49. The van der Waals surface area contributed by atoms with Gasteiger partial charge in [0.1, 0.15) is 0 Å². The van der Waals surface area contributed by atoms with Gasteiger partial charge in [-0.05, 0) is 54.8 Å². The van der Waals surface area contributed by atoms with Crippen molar-refractivity contribution in [3.63, 3.8) is 0 Å². The molecule has 1 fully saturated rings. The molecular formula is C18H20N2O3. The fourth-order valence-electron chi connectivity index (χ4n) is 4.05. The molecule has 120 valence electrons. The first-order valence-electron chi connectivity index (χ1n) is 8.20. The highest BCUT2D eigenvalue weighted by Crippen LogP contribution is 2.46. The van der Waals surface area contributed by atoms with Gasteiger partial charge in [0.15, 0.2) is 5.54 Å². The Morgan fingerprint density at radius 2 is 1.91 bits per heavy atom. The minimum absolute atomic E-state index is 0.0395. The van der Waals surface area contributed by atoms with Crippen LogP contribution < -0.4 is 0 Å². The van der Waals surface area contributed by atoms with Crippen LogP contribution in [0.3, 0.4) is 0 Å². The smallest absolute Gasteiger partial charge is 0.297 e. The average molecular weight is 312 g/mol. The molecule has 1 aliphatic carbocycles. The van der Waals surface area contributed by atoms with E-state index in [1.54, 1.807) is 12.1 Å². The molecule has 0 N–H and O–H groups in total. The highest BCUT2D eigenvalue weighted by molar-refractivity contribution is 6.47. The van der Waals surface area contributed by atoms with E-state index < -0.39 is 5.54 Å². The number of rotatable bonds is 1. The molecule has 0 aromatic heterocycles. The SMILES string of the molecule is C[C@]12C(=O)C(c3ccccc3)=[N+]([O-])N1O[C@@H]1CC/C=C\CC[C@@H]12. The van der Waals surface area contributed by atoms with Gasteiger partial charge in [0.2, 0.25) is 0 Å². The molecule has 0 spiro atoms. The number of Topliss-reactive ketones (excluding diaryl/α,β-unsaturated/α-hetero) is 1.